The first-order valence-corrected chi connectivity index (χ1v) is 10.1. The van der Waals surface area contributed by atoms with Crippen molar-refractivity contribution in [2.45, 2.75) is 35.7 Å². The van der Waals surface area contributed by atoms with Crippen LogP contribution in [-0.2, 0) is 19.9 Å². The van der Waals surface area contributed by atoms with Crippen molar-refractivity contribution in [2.24, 2.45) is 7.05 Å². The maximum atomic E-state index is 12.8. The lowest BCUT2D eigenvalue weighted by Crippen LogP contribution is -2.15. The molecule has 0 radical (unpaired) electrons. The van der Waals surface area contributed by atoms with Gasteiger partial charge in [-0.25, -0.2) is 0 Å². The summed E-state index contributed by atoms with van der Waals surface area (Å²) >= 11 is 1.13. The largest absolute Gasteiger partial charge is 0.322 e. The molecule has 29 heavy (non-hydrogen) atoms. The van der Waals surface area contributed by atoms with Crippen molar-refractivity contribution < 1.29 is 9.72 Å². The molecule has 1 heterocycles. The minimum Gasteiger partial charge on any atom is -0.322 e. The molecule has 3 aromatic rings. The van der Waals surface area contributed by atoms with Gasteiger partial charge in [-0.3, -0.25) is 14.9 Å². The van der Waals surface area contributed by atoms with E-state index in [0.717, 1.165) is 48.7 Å². The molecule has 1 N–H and O–H groups in total. The van der Waals surface area contributed by atoms with E-state index >= 15 is 0 Å². The minimum atomic E-state index is -0.486. The van der Waals surface area contributed by atoms with Crippen LogP contribution in [0.5, 0.6) is 0 Å². The second kappa shape index (κ2) is 8.04. The quantitative estimate of drug-likeness (QED) is 0.505. The van der Waals surface area contributed by atoms with E-state index in [1.807, 2.05) is 12.1 Å². The third-order valence-corrected chi connectivity index (χ3v) is 6.05. The molecule has 0 spiro atoms. The van der Waals surface area contributed by atoms with Gasteiger partial charge in [-0.1, -0.05) is 12.1 Å². The van der Waals surface area contributed by atoms with Crippen LogP contribution in [0.1, 0.15) is 34.3 Å². The zero-order chi connectivity index (χ0) is 20.4. The van der Waals surface area contributed by atoms with Crippen molar-refractivity contribution in [1.82, 2.24) is 14.8 Å². The molecule has 1 aliphatic carbocycles. The highest BCUT2D eigenvalue weighted by Gasteiger charge is 2.21. The Morgan fingerprint density at radius 2 is 2.07 bits per heavy atom. The molecule has 2 aromatic carbocycles. The van der Waals surface area contributed by atoms with Gasteiger partial charge in [-0.15, -0.1) is 10.2 Å². The highest BCUT2D eigenvalue weighted by atomic mass is 32.2. The highest BCUT2D eigenvalue weighted by Crippen LogP contribution is 2.34. The van der Waals surface area contributed by atoms with Crippen LogP contribution >= 0.6 is 11.8 Å². The molecular formula is C20H19N5O3S. The van der Waals surface area contributed by atoms with Gasteiger partial charge in [0.1, 0.15) is 6.33 Å². The van der Waals surface area contributed by atoms with Crippen LogP contribution in [0.3, 0.4) is 0 Å². The van der Waals surface area contributed by atoms with Crippen LogP contribution in [0.4, 0.5) is 11.4 Å². The predicted octanol–water partition coefficient (Wildman–Crippen LogP) is 4.01. The van der Waals surface area contributed by atoms with Crippen LogP contribution in [0.2, 0.25) is 0 Å². The molecule has 148 valence electrons. The second-order valence-corrected chi connectivity index (χ2v) is 7.88. The summed E-state index contributed by atoms with van der Waals surface area (Å²) < 4.78 is 1.67. The number of fused-ring (bicyclic) bond motifs is 1. The number of aryl methyl sites for hydroxylation is 2. The number of benzene rings is 2. The molecule has 0 unspecified atom stereocenters. The molecule has 1 aliphatic rings. The highest BCUT2D eigenvalue weighted by molar-refractivity contribution is 7.99. The molecule has 4 rings (SSSR count). The van der Waals surface area contributed by atoms with E-state index in [1.54, 1.807) is 23.7 Å². The van der Waals surface area contributed by atoms with E-state index in [1.165, 1.54) is 18.0 Å². The Hall–Kier alpha value is -3.20. The normalized spacial score (nSPS) is 13.0. The number of nitrogens with zero attached hydrogens (tertiary/aromatic N) is 4. The van der Waals surface area contributed by atoms with Crippen LogP contribution < -0.4 is 5.32 Å². The van der Waals surface area contributed by atoms with E-state index in [0.29, 0.717) is 10.1 Å². The fourth-order valence-electron chi connectivity index (χ4n) is 3.44. The monoisotopic (exact) mass is 409 g/mol. The standard InChI is InChI=1S/C20H19N5O3S/c1-24-12-21-23-20(24)29-18-10-9-14(11-17(18)25(27)28)19(26)22-16-8-4-6-13-5-2-3-7-15(13)16/h4,6,8-12H,2-3,5,7H2,1H3,(H,22,26). The Morgan fingerprint density at radius 1 is 1.24 bits per heavy atom. The van der Waals surface area contributed by atoms with E-state index in [9.17, 15) is 14.9 Å². The van der Waals surface area contributed by atoms with Crippen LogP contribution in [-0.4, -0.2) is 25.6 Å². The number of nitro groups is 1. The molecule has 1 amide bonds. The molecule has 0 saturated heterocycles. The molecule has 0 bridgehead atoms. The third kappa shape index (κ3) is 4.00. The Labute approximate surface area is 171 Å². The number of hydrogen-bond donors (Lipinski definition) is 1. The molecule has 0 fully saturated rings. The fourth-order valence-corrected chi connectivity index (χ4v) is 4.29. The molecule has 9 heteroatoms. The molecule has 0 saturated carbocycles. The maximum absolute atomic E-state index is 12.8. The average molecular weight is 409 g/mol. The summed E-state index contributed by atoms with van der Waals surface area (Å²) in [5.74, 6) is -0.359. The number of amides is 1. The Kier molecular flexibility index (Phi) is 5.30. The maximum Gasteiger partial charge on any atom is 0.284 e. The summed E-state index contributed by atoms with van der Waals surface area (Å²) in [5.41, 5.74) is 3.31. The number of rotatable bonds is 5. The van der Waals surface area contributed by atoms with Crippen LogP contribution in [0, 0.1) is 10.1 Å². The number of anilines is 1. The minimum absolute atomic E-state index is 0.138. The first kappa shape index (κ1) is 19.1. The Bertz CT molecular complexity index is 1100. The van der Waals surface area contributed by atoms with Gasteiger partial charge < -0.3 is 9.88 Å². The van der Waals surface area contributed by atoms with E-state index in [2.05, 4.69) is 21.6 Å². The zero-order valence-corrected chi connectivity index (χ0v) is 16.6. The number of nitrogens with one attached hydrogen (secondary N) is 1. The summed E-state index contributed by atoms with van der Waals surface area (Å²) in [4.78, 5) is 24.3. The van der Waals surface area contributed by atoms with E-state index in [-0.39, 0.29) is 17.2 Å². The average Bonchev–Trinajstić information content (AvgIpc) is 3.13. The molecule has 8 nitrogen and oxygen atoms in total. The van der Waals surface area contributed by atoms with Crippen molar-refractivity contribution in [3.63, 3.8) is 0 Å². The van der Waals surface area contributed by atoms with Crippen molar-refractivity contribution in [1.29, 1.82) is 0 Å². The summed E-state index contributed by atoms with van der Waals surface area (Å²) in [6.07, 6.45) is 5.72. The summed E-state index contributed by atoms with van der Waals surface area (Å²) in [6, 6.07) is 10.4. The topological polar surface area (TPSA) is 103 Å². The van der Waals surface area contributed by atoms with Crippen LogP contribution in [0.25, 0.3) is 0 Å². The van der Waals surface area contributed by atoms with Crippen molar-refractivity contribution >= 4 is 29.0 Å². The number of hydrogen-bond acceptors (Lipinski definition) is 6. The zero-order valence-electron chi connectivity index (χ0n) is 15.8. The lowest BCUT2D eigenvalue weighted by atomic mass is 9.90. The van der Waals surface area contributed by atoms with Gasteiger partial charge in [0.05, 0.1) is 9.82 Å². The SMILES string of the molecule is Cn1cnnc1Sc1ccc(C(=O)Nc2cccc3c2CCCC3)cc1[N+](=O)[O-]. The van der Waals surface area contributed by atoms with Gasteiger partial charge in [-0.2, -0.15) is 0 Å². The molecule has 0 atom stereocenters. The summed E-state index contributed by atoms with van der Waals surface area (Å²) in [5, 5.41) is 22.8. The van der Waals surface area contributed by atoms with Gasteiger partial charge in [0.15, 0.2) is 5.16 Å². The molecule has 0 aliphatic heterocycles. The lowest BCUT2D eigenvalue weighted by molar-refractivity contribution is -0.387. The van der Waals surface area contributed by atoms with Crippen LogP contribution in [0.15, 0.2) is 52.8 Å². The van der Waals surface area contributed by atoms with Gasteiger partial charge in [0, 0.05) is 24.4 Å². The summed E-state index contributed by atoms with van der Waals surface area (Å²) in [7, 11) is 1.76. The van der Waals surface area contributed by atoms with E-state index in [4.69, 9.17) is 0 Å². The van der Waals surface area contributed by atoms with E-state index < -0.39 is 4.92 Å². The summed E-state index contributed by atoms with van der Waals surface area (Å²) in [6.45, 7) is 0. The predicted molar refractivity (Wildman–Crippen MR) is 109 cm³/mol. The fraction of sp³-hybridized carbons (Fsp3) is 0.250. The van der Waals surface area contributed by atoms with Gasteiger partial charge in [0.2, 0.25) is 0 Å². The lowest BCUT2D eigenvalue weighted by Gasteiger charge is -2.19. The number of aromatic nitrogens is 3. The van der Waals surface area contributed by atoms with Gasteiger partial charge >= 0.3 is 0 Å². The smallest absolute Gasteiger partial charge is 0.284 e. The first-order chi connectivity index (χ1) is 14.0. The van der Waals surface area contributed by atoms with Crippen molar-refractivity contribution in [3.05, 3.63) is 69.5 Å². The molecule has 1 aromatic heterocycles. The van der Waals surface area contributed by atoms with Gasteiger partial charge in [-0.05, 0) is 66.8 Å². The number of carbonyl (C=O) groups is 1. The van der Waals surface area contributed by atoms with Gasteiger partial charge in [0.25, 0.3) is 11.6 Å². The first-order valence-electron chi connectivity index (χ1n) is 9.25. The Morgan fingerprint density at radius 3 is 2.83 bits per heavy atom. The molecular weight excluding hydrogens is 390 g/mol. The second-order valence-electron chi connectivity index (χ2n) is 6.87. The number of nitro benzene ring substituents is 1. The third-order valence-electron chi connectivity index (χ3n) is 4.93. The van der Waals surface area contributed by atoms with Crippen molar-refractivity contribution in [3.8, 4) is 0 Å². The Balaban J connectivity index is 1.60. The van der Waals surface area contributed by atoms with Crippen molar-refractivity contribution in [2.75, 3.05) is 5.32 Å². The number of carbonyl (C=O) groups excluding carboxylic acids is 1.